The molecule has 19 heavy (non-hydrogen) atoms. The van der Waals surface area contributed by atoms with E-state index in [-0.39, 0.29) is 14.0 Å². The second kappa shape index (κ2) is 5.25. The van der Waals surface area contributed by atoms with Crippen molar-refractivity contribution in [3.8, 4) is 0 Å². The van der Waals surface area contributed by atoms with Gasteiger partial charge in [-0.15, -0.1) is 0 Å². The van der Waals surface area contributed by atoms with E-state index in [0.29, 0.717) is 0 Å². The van der Waals surface area contributed by atoms with Gasteiger partial charge in [-0.1, -0.05) is 46.0 Å². The summed E-state index contributed by atoms with van der Waals surface area (Å²) in [7, 11) is -0.0386. The van der Waals surface area contributed by atoms with Crippen molar-refractivity contribution in [2.75, 3.05) is 6.61 Å². The molecule has 0 aromatic heterocycles. The van der Waals surface area contributed by atoms with Crippen LogP contribution in [0.2, 0.25) is 0 Å². The lowest BCUT2D eigenvalue weighted by Gasteiger charge is -2.25. The number of nitrogens with zero attached hydrogens (tertiary/aromatic N) is 1. The number of aliphatic imine (C=N–C) groups is 1. The lowest BCUT2D eigenvalue weighted by molar-refractivity contribution is 0.317. The topological polar surface area (TPSA) is 21.6 Å². The van der Waals surface area contributed by atoms with Gasteiger partial charge < -0.3 is 4.74 Å². The highest BCUT2D eigenvalue weighted by atomic mass is 31.1. The maximum absolute atomic E-state index is 5.55. The monoisotopic (exact) mass is 275 g/mol. The molecule has 0 N–H and O–H groups in total. The average molecular weight is 275 g/mol. The third kappa shape index (κ3) is 2.43. The van der Waals surface area contributed by atoms with Gasteiger partial charge in [0.05, 0.1) is 0 Å². The summed E-state index contributed by atoms with van der Waals surface area (Å²) in [6.45, 7) is 7.51. The van der Waals surface area contributed by atoms with E-state index in [1.165, 1.54) is 18.4 Å². The molecule has 0 aliphatic carbocycles. The normalized spacial score (nSPS) is 31.3. The summed E-state index contributed by atoms with van der Waals surface area (Å²) in [6.07, 6.45) is 2.76. The molecule has 3 rings (SSSR count). The smallest absolute Gasteiger partial charge is 0.180 e. The van der Waals surface area contributed by atoms with E-state index in [4.69, 9.17) is 4.74 Å². The Labute approximate surface area is 117 Å². The van der Waals surface area contributed by atoms with Gasteiger partial charge in [0.15, 0.2) is 5.90 Å². The Kier molecular flexibility index (Phi) is 3.62. The molecule has 0 radical (unpaired) electrons. The lowest BCUT2D eigenvalue weighted by Crippen LogP contribution is -2.18. The Morgan fingerprint density at radius 2 is 1.84 bits per heavy atom. The maximum Gasteiger partial charge on any atom is 0.180 e. The zero-order chi connectivity index (χ0) is 13.4. The van der Waals surface area contributed by atoms with Gasteiger partial charge in [-0.2, -0.15) is 0 Å². The first-order valence-corrected chi connectivity index (χ1v) is 8.69. The van der Waals surface area contributed by atoms with Crippen LogP contribution in [0.1, 0.15) is 45.2 Å². The minimum Gasteiger partial charge on any atom is -0.479 e. The van der Waals surface area contributed by atoms with E-state index >= 15 is 0 Å². The van der Waals surface area contributed by atoms with Crippen LogP contribution in [0.5, 0.6) is 0 Å². The number of rotatable bonds is 2. The maximum atomic E-state index is 5.55. The fourth-order valence-corrected chi connectivity index (χ4v) is 6.78. The molecule has 1 fully saturated rings. The SMILES string of the molecule is CC1=N[C@@H](c2ccccc2P2[C@H](C)CC[C@H]2C)CO1. The van der Waals surface area contributed by atoms with Crippen LogP contribution in [-0.4, -0.2) is 23.8 Å². The second-order valence-corrected chi connectivity index (χ2v) is 8.78. The predicted octanol–water partition coefficient (Wildman–Crippen LogP) is 3.85. The Morgan fingerprint density at radius 3 is 2.47 bits per heavy atom. The lowest BCUT2D eigenvalue weighted by atomic mass is 10.1. The largest absolute Gasteiger partial charge is 0.479 e. The quantitative estimate of drug-likeness (QED) is 0.751. The van der Waals surface area contributed by atoms with Gasteiger partial charge in [-0.3, -0.25) is 0 Å². The van der Waals surface area contributed by atoms with Crippen LogP contribution in [0.4, 0.5) is 0 Å². The third-order valence-electron chi connectivity index (χ3n) is 4.31. The van der Waals surface area contributed by atoms with E-state index in [2.05, 4.69) is 43.1 Å². The summed E-state index contributed by atoms with van der Waals surface area (Å²) in [5, 5.41) is 1.57. The van der Waals surface area contributed by atoms with Gasteiger partial charge in [0.25, 0.3) is 0 Å². The molecule has 1 aromatic rings. The predicted molar refractivity (Wildman–Crippen MR) is 83.0 cm³/mol. The fourth-order valence-electron chi connectivity index (χ4n) is 3.33. The molecule has 2 aliphatic rings. The molecule has 2 heterocycles. The highest BCUT2D eigenvalue weighted by molar-refractivity contribution is 7.67. The van der Waals surface area contributed by atoms with E-state index in [9.17, 15) is 0 Å². The van der Waals surface area contributed by atoms with Gasteiger partial charge in [0, 0.05) is 6.92 Å². The molecule has 3 atom stereocenters. The zero-order valence-corrected chi connectivity index (χ0v) is 12.9. The first-order chi connectivity index (χ1) is 9.16. The third-order valence-corrected chi connectivity index (χ3v) is 7.69. The van der Waals surface area contributed by atoms with Crippen molar-refractivity contribution in [1.82, 2.24) is 0 Å². The summed E-state index contributed by atoms with van der Waals surface area (Å²) in [4.78, 5) is 4.65. The minimum absolute atomic E-state index is 0.0386. The molecule has 0 bridgehead atoms. The molecule has 0 spiro atoms. The number of benzene rings is 1. The Morgan fingerprint density at radius 1 is 1.16 bits per heavy atom. The van der Waals surface area contributed by atoms with Gasteiger partial charge >= 0.3 is 0 Å². The van der Waals surface area contributed by atoms with Crippen molar-refractivity contribution in [3.05, 3.63) is 29.8 Å². The molecular weight excluding hydrogens is 253 g/mol. The van der Waals surface area contributed by atoms with Crippen LogP contribution in [0.3, 0.4) is 0 Å². The van der Waals surface area contributed by atoms with Crippen molar-refractivity contribution in [2.24, 2.45) is 4.99 Å². The zero-order valence-electron chi connectivity index (χ0n) is 12.0. The van der Waals surface area contributed by atoms with E-state index in [1.54, 1.807) is 5.30 Å². The summed E-state index contributed by atoms with van der Waals surface area (Å²) < 4.78 is 5.55. The Bertz CT molecular complexity index is 489. The van der Waals surface area contributed by atoms with Crippen LogP contribution in [0.15, 0.2) is 29.3 Å². The van der Waals surface area contributed by atoms with Gasteiger partial charge in [0.1, 0.15) is 12.6 Å². The average Bonchev–Trinajstić information content (AvgIpc) is 2.96. The van der Waals surface area contributed by atoms with Gasteiger partial charge in [-0.25, -0.2) is 4.99 Å². The van der Waals surface area contributed by atoms with E-state index in [1.807, 2.05) is 6.92 Å². The molecule has 3 heteroatoms. The first kappa shape index (κ1) is 13.1. The minimum atomic E-state index is -0.0386. The molecular formula is C16H22NOP. The number of ether oxygens (including phenoxy) is 1. The summed E-state index contributed by atoms with van der Waals surface area (Å²) in [5.74, 6) is 0.833. The first-order valence-electron chi connectivity index (χ1n) is 7.21. The Balaban J connectivity index is 1.98. The number of hydrogen-bond donors (Lipinski definition) is 0. The van der Waals surface area contributed by atoms with Crippen LogP contribution in [0.25, 0.3) is 0 Å². The van der Waals surface area contributed by atoms with Crippen molar-refractivity contribution in [3.63, 3.8) is 0 Å². The van der Waals surface area contributed by atoms with E-state index < -0.39 is 0 Å². The standard InChI is InChI=1S/C16H22NOP/c1-11-8-9-12(2)19(11)16-7-5-4-6-14(16)15-10-18-13(3)17-15/h4-7,11-12,15H,8-10H2,1-3H3/t11-,12-,15-/m1/s1. The molecule has 0 saturated carbocycles. The summed E-state index contributed by atoms with van der Waals surface area (Å²) in [5.41, 5.74) is 3.10. The Hall–Kier alpha value is -0.880. The summed E-state index contributed by atoms with van der Waals surface area (Å²) >= 11 is 0. The van der Waals surface area contributed by atoms with E-state index in [0.717, 1.165) is 23.8 Å². The van der Waals surface area contributed by atoms with Gasteiger partial charge in [0.2, 0.25) is 0 Å². The fraction of sp³-hybridized carbons (Fsp3) is 0.562. The van der Waals surface area contributed by atoms with Gasteiger partial charge in [-0.05, 0) is 35.0 Å². The van der Waals surface area contributed by atoms with Crippen LogP contribution in [-0.2, 0) is 4.74 Å². The van der Waals surface area contributed by atoms with Crippen LogP contribution < -0.4 is 5.30 Å². The molecule has 102 valence electrons. The summed E-state index contributed by atoms with van der Waals surface area (Å²) in [6, 6.07) is 9.14. The molecule has 0 unspecified atom stereocenters. The van der Waals surface area contributed by atoms with Crippen molar-refractivity contribution < 1.29 is 4.74 Å². The molecule has 1 aromatic carbocycles. The molecule has 2 nitrogen and oxygen atoms in total. The van der Waals surface area contributed by atoms with Crippen molar-refractivity contribution >= 4 is 19.1 Å². The second-order valence-electron chi connectivity index (χ2n) is 5.72. The molecule has 0 amide bonds. The van der Waals surface area contributed by atoms with Crippen molar-refractivity contribution in [1.29, 1.82) is 0 Å². The van der Waals surface area contributed by atoms with Crippen molar-refractivity contribution in [2.45, 2.75) is 51.0 Å². The highest BCUT2D eigenvalue weighted by Gasteiger charge is 2.34. The molecule has 2 aliphatic heterocycles. The van der Waals surface area contributed by atoms with Crippen LogP contribution in [0, 0.1) is 0 Å². The van der Waals surface area contributed by atoms with Crippen LogP contribution >= 0.6 is 7.92 Å². The molecule has 1 saturated heterocycles. The highest BCUT2D eigenvalue weighted by Crippen LogP contribution is 2.55. The number of hydrogen-bond acceptors (Lipinski definition) is 2.